The van der Waals surface area contributed by atoms with Crippen LogP contribution in [-0.4, -0.2) is 42.8 Å². The van der Waals surface area contributed by atoms with E-state index in [1.165, 1.54) is 0 Å². The van der Waals surface area contributed by atoms with Gasteiger partial charge in [-0.2, -0.15) is 0 Å². The molecule has 23 heavy (non-hydrogen) atoms. The maximum Gasteiger partial charge on any atom is 0.135 e. The second kappa shape index (κ2) is 7.60. The van der Waals surface area contributed by atoms with E-state index in [0.29, 0.717) is 6.54 Å². The molecule has 1 fully saturated rings. The highest BCUT2D eigenvalue weighted by Gasteiger charge is 2.14. The van der Waals surface area contributed by atoms with Crippen LogP contribution in [0.15, 0.2) is 49.3 Å². The highest BCUT2D eigenvalue weighted by atomic mass is 16.5. The topological polar surface area (TPSA) is 62.3 Å². The number of para-hydroxylation sites is 2. The molecule has 1 aromatic carbocycles. The van der Waals surface area contributed by atoms with Crippen LogP contribution in [-0.2, 0) is 4.74 Å². The summed E-state index contributed by atoms with van der Waals surface area (Å²) in [5, 5.41) is 6.55. The van der Waals surface area contributed by atoms with Gasteiger partial charge in [-0.15, -0.1) is 6.58 Å². The molecule has 0 radical (unpaired) electrons. The van der Waals surface area contributed by atoms with E-state index in [1.54, 1.807) is 12.4 Å². The Kier molecular flexibility index (Phi) is 5.06. The van der Waals surface area contributed by atoms with Crippen molar-refractivity contribution < 1.29 is 4.74 Å². The number of morpholine rings is 1. The maximum absolute atomic E-state index is 5.43. The molecule has 6 nitrogen and oxygen atoms in total. The molecule has 0 aliphatic carbocycles. The van der Waals surface area contributed by atoms with E-state index in [4.69, 9.17) is 4.74 Å². The molecule has 1 aromatic heterocycles. The molecule has 0 amide bonds. The zero-order chi connectivity index (χ0) is 15.9. The molecule has 1 aliphatic heterocycles. The van der Waals surface area contributed by atoms with Crippen molar-refractivity contribution in [2.24, 2.45) is 0 Å². The van der Waals surface area contributed by atoms with Crippen LogP contribution in [0.25, 0.3) is 0 Å². The minimum absolute atomic E-state index is 0.667. The summed E-state index contributed by atoms with van der Waals surface area (Å²) in [4.78, 5) is 10.8. The maximum atomic E-state index is 5.43. The van der Waals surface area contributed by atoms with Gasteiger partial charge in [-0.25, -0.2) is 9.97 Å². The fraction of sp³-hybridized carbons (Fsp3) is 0.294. The van der Waals surface area contributed by atoms with Gasteiger partial charge >= 0.3 is 0 Å². The molecule has 1 saturated heterocycles. The van der Waals surface area contributed by atoms with E-state index >= 15 is 0 Å². The van der Waals surface area contributed by atoms with Gasteiger partial charge < -0.3 is 20.3 Å². The first-order chi connectivity index (χ1) is 11.4. The molecule has 2 N–H and O–H groups in total. The largest absolute Gasteiger partial charge is 0.378 e. The Balaban J connectivity index is 1.78. The lowest BCUT2D eigenvalue weighted by atomic mass is 10.2. The van der Waals surface area contributed by atoms with Crippen LogP contribution in [0.3, 0.4) is 0 Å². The van der Waals surface area contributed by atoms with Crippen LogP contribution in [0.2, 0.25) is 0 Å². The highest BCUT2D eigenvalue weighted by Crippen LogP contribution is 2.28. The van der Waals surface area contributed by atoms with E-state index in [1.807, 2.05) is 18.2 Å². The number of anilines is 4. The third-order valence-electron chi connectivity index (χ3n) is 3.61. The van der Waals surface area contributed by atoms with Crippen LogP contribution in [0.1, 0.15) is 0 Å². The van der Waals surface area contributed by atoms with Crippen LogP contribution in [0.5, 0.6) is 0 Å². The van der Waals surface area contributed by atoms with E-state index in [-0.39, 0.29) is 0 Å². The first-order valence-electron chi connectivity index (χ1n) is 7.72. The average Bonchev–Trinajstić information content (AvgIpc) is 2.61. The number of benzene rings is 1. The fourth-order valence-electron chi connectivity index (χ4n) is 2.50. The van der Waals surface area contributed by atoms with Gasteiger partial charge in [-0.05, 0) is 12.1 Å². The SMILES string of the molecule is C=CCNc1cc(Nc2ccccc2N2CCOCC2)ncn1. The highest BCUT2D eigenvalue weighted by molar-refractivity contribution is 5.74. The molecule has 0 spiro atoms. The van der Waals surface area contributed by atoms with Crippen LogP contribution in [0.4, 0.5) is 23.0 Å². The average molecular weight is 311 g/mol. The van der Waals surface area contributed by atoms with Gasteiger partial charge in [-0.1, -0.05) is 18.2 Å². The van der Waals surface area contributed by atoms with Crippen molar-refractivity contribution in [3.63, 3.8) is 0 Å². The third-order valence-corrected chi connectivity index (χ3v) is 3.61. The normalized spacial score (nSPS) is 14.3. The van der Waals surface area contributed by atoms with Gasteiger partial charge in [0.1, 0.15) is 18.0 Å². The predicted molar refractivity (Wildman–Crippen MR) is 93.5 cm³/mol. The Morgan fingerprint density at radius 3 is 2.78 bits per heavy atom. The van der Waals surface area contributed by atoms with E-state index < -0.39 is 0 Å². The fourth-order valence-corrected chi connectivity index (χ4v) is 2.50. The van der Waals surface area contributed by atoms with Gasteiger partial charge in [-0.3, -0.25) is 0 Å². The standard InChI is InChI=1S/C17H21N5O/c1-2-7-18-16-12-17(20-13-19-16)21-14-5-3-4-6-15(14)22-8-10-23-11-9-22/h2-6,12-13H,1,7-11H2,(H2,18,19,20,21). The molecule has 0 unspecified atom stereocenters. The van der Waals surface area contributed by atoms with Crippen molar-refractivity contribution in [1.29, 1.82) is 0 Å². The summed E-state index contributed by atoms with van der Waals surface area (Å²) >= 11 is 0. The smallest absolute Gasteiger partial charge is 0.135 e. The summed E-state index contributed by atoms with van der Waals surface area (Å²) < 4.78 is 5.43. The van der Waals surface area contributed by atoms with E-state index in [2.05, 4.69) is 44.2 Å². The Morgan fingerprint density at radius 2 is 1.96 bits per heavy atom. The number of nitrogens with zero attached hydrogens (tertiary/aromatic N) is 3. The number of ether oxygens (including phenoxy) is 1. The van der Waals surface area contributed by atoms with Crippen molar-refractivity contribution in [3.05, 3.63) is 49.3 Å². The van der Waals surface area contributed by atoms with Gasteiger partial charge in [0.15, 0.2) is 0 Å². The molecule has 0 saturated carbocycles. The van der Waals surface area contributed by atoms with Gasteiger partial charge in [0.05, 0.1) is 24.6 Å². The summed E-state index contributed by atoms with van der Waals surface area (Å²) in [6.07, 6.45) is 3.34. The zero-order valence-electron chi connectivity index (χ0n) is 13.0. The summed E-state index contributed by atoms with van der Waals surface area (Å²) in [6.45, 7) is 7.68. The summed E-state index contributed by atoms with van der Waals surface area (Å²) in [5.74, 6) is 1.53. The molecule has 120 valence electrons. The molecule has 3 rings (SSSR count). The van der Waals surface area contributed by atoms with Crippen molar-refractivity contribution in [1.82, 2.24) is 9.97 Å². The Labute approximate surface area is 136 Å². The Morgan fingerprint density at radius 1 is 1.17 bits per heavy atom. The molecular weight excluding hydrogens is 290 g/mol. The van der Waals surface area contributed by atoms with Crippen molar-refractivity contribution in [2.45, 2.75) is 0 Å². The van der Waals surface area contributed by atoms with Gasteiger partial charge in [0.2, 0.25) is 0 Å². The third kappa shape index (κ3) is 3.98. The Hall–Kier alpha value is -2.60. The lowest BCUT2D eigenvalue weighted by Crippen LogP contribution is -2.36. The number of aromatic nitrogens is 2. The van der Waals surface area contributed by atoms with Crippen molar-refractivity contribution >= 4 is 23.0 Å². The van der Waals surface area contributed by atoms with Crippen molar-refractivity contribution in [3.8, 4) is 0 Å². The molecule has 6 heteroatoms. The molecule has 2 aromatic rings. The second-order valence-electron chi connectivity index (χ2n) is 5.20. The summed E-state index contributed by atoms with van der Waals surface area (Å²) in [6, 6.07) is 10.1. The summed E-state index contributed by atoms with van der Waals surface area (Å²) in [7, 11) is 0. The number of hydrogen-bond acceptors (Lipinski definition) is 6. The Bertz CT molecular complexity index is 655. The van der Waals surface area contributed by atoms with Crippen molar-refractivity contribution in [2.75, 3.05) is 48.4 Å². The molecular formula is C17H21N5O. The number of nitrogens with one attached hydrogen (secondary N) is 2. The predicted octanol–water partition coefficient (Wildman–Crippen LogP) is 2.65. The number of hydrogen-bond donors (Lipinski definition) is 2. The second-order valence-corrected chi connectivity index (χ2v) is 5.20. The lowest BCUT2D eigenvalue weighted by Gasteiger charge is -2.30. The first-order valence-corrected chi connectivity index (χ1v) is 7.72. The monoisotopic (exact) mass is 311 g/mol. The molecule has 2 heterocycles. The minimum atomic E-state index is 0.667. The molecule has 0 bridgehead atoms. The molecule has 1 aliphatic rings. The minimum Gasteiger partial charge on any atom is -0.378 e. The zero-order valence-corrected chi connectivity index (χ0v) is 13.0. The quantitative estimate of drug-likeness (QED) is 0.800. The van der Waals surface area contributed by atoms with E-state index in [0.717, 1.165) is 49.3 Å². The van der Waals surface area contributed by atoms with Crippen LogP contribution >= 0.6 is 0 Å². The van der Waals surface area contributed by atoms with Crippen LogP contribution in [0, 0.1) is 0 Å². The summed E-state index contributed by atoms with van der Waals surface area (Å²) in [5.41, 5.74) is 2.19. The molecule has 0 atom stereocenters. The van der Waals surface area contributed by atoms with Gasteiger partial charge in [0, 0.05) is 25.7 Å². The number of rotatable bonds is 6. The lowest BCUT2D eigenvalue weighted by molar-refractivity contribution is 0.123. The van der Waals surface area contributed by atoms with E-state index in [9.17, 15) is 0 Å². The van der Waals surface area contributed by atoms with Gasteiger partial charge in [0.25, 0.3) is 0 Å². The van der Waals surface area contributed by atoms with Crippen LogP contribution < -0.4 is 15.5 Å². The first kappa shape index (κ1) is 15.3.